The van der Waals surface area contributed by atoms with Crippen molar-refractivity contribution in [2.75, 3.05) is 19.7 Å². The number of nitrogens with zero attached hydrogens (tertiary/aromatic N) is 2. The summed E-state index contributed by atoms with van der Waals surface area (Å²) in [5, 5.41) is 8.96. The predicted octanol–water partition coefficient (Wildman–Crippen LogP) is 2.83. The van der Waals surface area contributed by atoms with Gasteiger partial charge >= 0.3 is 0 Å². The molecular formula is C24H30N2O3. The van der Waals surface area contributed by atoms with Crippen LogP contribution in [0.5, 0.6) is 0 Å². The van der Waals surface area contributed by atoms with Crippen LogP contribution >= 0.6 is 0 Å². The molecule has 5 nitrogen and oxygen atoms in total. The maximum Gasteiger partial charge on any atom is 0.227 e. The number of carbonyl (C=O) groups is 2. The van der Waals surface area contributed by atoms with Crippen molar-refractivity contribution in [1.82, 2.24) is 9.80 Å². The zero-order chi connectivity index (χ0) is 21.0. The van der Waals surface area contributed by atoms with Gasteiger partial charge in [-0.3, -0.25) is 14.5 Å². The number of Topliss-reactive ketones (excluding diaryl/α,β-unsaturated/α-hetero) is 1. The third-order valence-corrected chi connectivity index (χ3v) is 5.55. The number of carbonyl (C=O) groups excluding carboxylic acids is 2. The molecule has 3 rings (SSSR count). The van der Waals surface area contributed by atoms with Crippen molar-refractivity contribution in [3.8, 4) is 0 Å². The van der Waals surface area contributed by atoms with Gasteiger partial charge in [-0.25, -0.2) is 0 Å². The molecule has 0 unspecified atom stereocenters. The first kappa shape index (κ1) is 21.2. The summed E-state index contributed by atoms with van der Waals surface area (Å²) in [6.45, 7) is 8.22. The number of hydrogen-bond acceptors (Lipinski definition) is 4. The number of aliphatic hydroxyl groups excluding tert-OH is 1. The van der Waals surface area contributed by atoms with E-state index in [1.807, 2.05) is 42.2 Å². The number of hydrogen-bond donors (Lipinski definition) is 1. The summed E-state index contributed by atoms with van der Waals surface area (Å²) in [5.74, 6) is -0.0818. The van der Waals surface area contributed by atoms with E-state index in [0.29, 0.717) is 12.0 Å². The van der Waals surface area contributed by atoms with Crippen molar-refractivity contribution < 1.29 is 14.7 Å². The maximum atomic E-state index is 12.9. The molecule has 1 fully saturated rings. The van der Waals surface area contributed by atoms with Crippen LogP contribution in [-0.4, -0.2) is 58.4 Å². The Morgan fingerprint density at radius 2 is 1.66 bits per heavy atom. The van der Waals surface area contributed by atoms with Gasteiger partial charge in [0.15, 0.2) is 5.78 Å². The van der Waals surface area contributed by atoms with Crippen LogP contribution in [0, 0.1) is 6.92 Å². The molecule has 2 atom stereocenters. The maximum absolute atomic E-state index is 12.9. The largest absolute Gasteiger partial charge is 0.388 e. The second kappa shape index (κ2) is 9.33. The molecule has 0 bridgehead atoms. The molecule has 1 N–H and O–H groups in total. The Balaban J connectivity index is 1.60. The van der Waals surface area contributed by atoms with Gasteiger partial charge in [-0.1, -0.05) is 54.1 Å². The zero-order valence-corrected chi connectivity index (χ0v) is 17.5. The van der Waals surface area contributed by atoms with Crippen LogP contribution < -0.4 is 0 Å². The minimum Gasteiger partial charge on any atom is -0.388 e. The van der Waals surface area contributed by atoms with Crippen molar-refractivity contribution in [3.63, 3.8) is 0 Å². The SMILES string of the molecule is Cc1cccc(CC(=O)N2[C@H](C)CN(Cc3ccc(C(=O)CO)cc3)C[C@@H]2C)c1. The molecule has 154 valence electrons. The van der Waals surface area contributed by atoms with Crippen LogP contribution in [0.4, 0.5) is 0 Å². The van der Waals surface area contributed by atoms with Gasteiger partial charge in [-0.05, 0) is 31.9 Å². The first-order chi connectivity index (χ1) is 13.9. The molecule has 1 saturated heterocycles. The van der Waals surface area contributed by atoms with Crippen LogP contribution in [-0.2, 0) is 17.8 Å². The molecule has 0 aromatic heterocycles. The van der Waals surface area contributed by atoms with E-state index in [0.717, 1.165) is 30.8 Å². The topological polar surface area (TPSA) is 60.9 Å². The highest BCUT2D eigenvalue weighted by molar-refractivity contribution is 5.96. The lowest BCUT2D eigenvalue weighted by Gasteiger charge is -2.44. The number of amides is 1. The van der Waals surface area contributed by atoms with Crippen LogP contribution in [0.3, 0.4) is 0 Å². The van der Waals surface area contributed by atoms with E-state index in [4.69, 9.17) is 5.11 Å². The first-order valence-corrected chi connectivity index (χ1v) is 10.2. The Kier molecular flexibility index (Phi) is 6.83. The van der Waals surface area contributed by atoms with E-state index in [1.165, 1.54) is 5.56 Å². The van der Waals surface area contributed by atoms with Crippen LogP contribution in [0.25, 0.3) is 0 Å². The van der Waals surface area contributed by atoms with Crippen LogP contribution in [0.15, 0.2) is 48.5 Å². The molecule has 2 aromatic rings. The van der Waals surface area contributed by atoms with Crippen molar-refractivity contribution >= 4 is 11.7 Å². The molecule has 0 aliphatic carbocycles. The molecule has 1 heterocycles. The molecule has 5 heteroatoms. The highest BCUT2D eigenvalue weighted by atomic mass is 16.3. The molecule has 1 aliphatic rings. The fraction of sp³-hybridized carbons (Fsp3) is 0.417. The number of aliphatic hydroxyl groups is 1. The summed E-state index contributed by atoms with van der Waals surface area (Å²) in [6, 6.07) is 15.8. The lowest BCUT2D eigenvalue weighted by atomic mass is 10.0. The number of aryl methyl sites for hydroxylation is 1. The number of piperazine rings is 1. The highest BCUT2D eigenvalue weighted by Crippen LogP contribution is 2.20. The van der Waals surface area contributed by atoms with Gasteiger partial charge in [-0.15, -0.1) is 0 Å². The zero-order valence-electron chi connectivity index (χ0n) is 17.5. The third kappa shape index (κ3) is 5.31. The number of benzene rings is 2. The van der Waals surface area contributed by atoms with E-state index in [-0.39, 0.29) is 23.8 Å². The molecule has 0 spiro atoms. The molecule has 29 heavy (non-hydrogen) atoms. The van der Waals surface area contributed by atoms with E-state index < -0.39 is 6.61 Å². The van der Waals surface area contributed by atoms with Crippen molar-refractivity contribution in [2.45, 2.75) is 45.8 Å². The fourth-order valence-corrected chi connectivity index (χ4v) is 4.29. The van der Waals surface area contributed by atoms with E-state index in [1.54, 1.807) is 12.1 Å². The molecule has 1 amide bonds. The Bertz CT molecular complexity index is 851. The van der Waals surface area contributed by atoms with Crippen molar-refractivity contribution in [2.24, 2.45) is 0 Å². The fourth-order valence-electron chi connectivity index (χ4n) is 4.29. The number of ketones is 1. The molecule has 1 aliphatic heterocycles. The molecule has 2 aromatic carbocycles. The third-order valence-electron chi connectivity index (χ3n) is 5.55. The molecule has 0 radical (unpaired) electrons. The average Bonchev–Trinajstić information content (AvgIpc) is 2.67. The monoisotopic (exact) mass is 394 g/mol. The Labute approximate surface area is 172 Å². The van der Waals surface area contributed by atoms with Gasteiger partial charge in [0.1, 0.15) is 6.61 Å². The van der Waals surface area contributed by atoms with Crippen molar-refractivity contribution in [1.29, 1.82) is 0 Å². The molecule has 0 saturated carbocycles. The van der Waals surface area contributed by atoms with Crippen LogP contribution in [0.2, 0.25) is 0 Å². The molecular weight excluding hydrogens is 364 g/mol. The smallest absolute Gasteiger partial charge is 0.227 e. The minimum absolute atomic E-state index is 0.145. The Morgan fingerprint density at radius 1 is 1.00 bits per heavy atom. The quantitative estimate of drug-likeness (QED) is 0.766. The predicted molar refractivity (Wildman–Crippen MR) is 114 cm³/mol. The van der Waals surface area contributed by atoms with Crippen LogP contribution in [0.1, 0.15) is 40.9 Å². The summed E-state index contributed by atoms with van der Waals surface area (Å²) in [6.07, 6.45) is 0.441. The Morgan fingerprint density at radius 3 is 2.24 bits per heavy atom. The van der Waals surface area contributed by atoms with Gasteiger partial charge in [0.05, 0.1) is 6.42 Å². The van der Waals surface area contributed by atoms with Gasteiger partial charge in [0.2, 0.25) is 5.91 Å². The van der Waals surface area contributed by atoms with E-state index in [2.05, 4.69) is 24.8 Å². The summed E-state index contributed by atoms with van der Waals surface area (Å²) in [4.78, 5) is 28.9. The minimum atomic E-state index is -0.465. The summed E-state index contributed by atoms with van der Waals surface area (Å²) in [5.41, 5.74) is 3.89. The standard InChI is InChI=1S/C24H30N2O3/c1-17-5-4-6-21(11-17)12-24(29)26-18(2)13-25(14-19(26)3)15-20-7-9-22(10-8-20)23(28)16-27/h4-11,18-19,27H,12-16H2,1-3H3/t18-,19+. The van der Waals surface area contributed by atoms with Gasteiger partial charge in [0, 0.05) is 37.3 Å². The van der Waals surface area contributed by atoms with Gasteiger partial charge in [-0.2, -0.15) is 0 Å². The summed E-state index contributed by atoms with van der Waals surface area (Å²) >= 11 is 0. The summed E-state index contributed by atoms with van der Waals surface area (Å²) in [7, 11) is 0. The Hall–Kier alpha value is -2.50. The highest BCUT2D eigenvalue weighted by Gasteiger charge is 2.32. The van der Waals surface area contributed by atoms with Crippen molar-refractivity contribution in [3.05, 3.63) is 70.8 Å². The number of rotatable bonds is 6. The second-order valence-electron chi connectivity index (χ2n) is 8.14. The van der Waals surface area contributed by atoms with Gasteiger partial charge in [0.25, 0.3) is 0 Å². The van der Waals surface area contributed by atoms with E-state index >= 15 is 0 Å². The lowest BCUT2D eigenvalue weighted by Crippen LogP contribution is -2.58. The second-order valence-corrected chi connectivity index (χ2v) is 8.14. The average molecular weight is 395 g/mol. The van der Waals surface area contributed by atoms with E-state index in [9.17, 15) is 9.59 Å². The lowest BCUT2D eigenvalue weighted by molar-refractivity contribution is -0.138. The summed E-state index contributed by atoms with van der Waals surface area (Å²) < 4.78 is 0. The first-order valence-electron chi connectivity index (χ1n) is 10.2. The normalized spacial score (nSPS) is 19.9. The van der Waals surface area contributed by atoms with Gasteiger partial charge < -0.3 is 10.0 Å².